The topological polar surface area (TPSA) is 50.8 Å². The molecule has 1 N–H and O–H groups in total. The number of halogens is 1. The Labute approximate surface area is 130 Å². The molecule has 0 saturated carbocycles. The number of ether oxygens (including phenoxy) is 2. The molecule has 1 saturated heterocycles. The van der Waals surface area contributed by atoms with Crippen LogP contribution in [0.15, 0.2) is 12.1 Å². The van der Waals surface area contributed by atoms with E-state index in [1.807, 2.05) is 6.92 Å². The molecule has 5 nitrogen and oxygen atoms in total. The Bertz CT molecular complexity index is 536. The summed E-state index contributed by atoms with van der Waals surface area (Å²) in [4.78, 5) is 13.9. The summed E-state index contributed by atoms with van der Waals surface area (Å²) in [5.74, 6) is 0.642. The maximum atomic E-state index is 14.1. The zero-order valence-electron chi connectivity index (χ0n) is 13.3. The quantitative estimate of drug-likeness (QED) is 0.870. The summed E-state index contributed by atoms with van der Waals surface area (Å²) in [6, 6.07) is 3.00. The standard InChI is InChI=1S/C16H23FN2O3/c1-4-18-16(20)11-5-6-19(9-11)10-12-7-14(21-2)15(22-3)8-13(12)17/h7-8,11H,4-6,9-10H2,1-3H3,(H,18,20)/t11-/m1/s1. The minimum atomic E-state index is -0.320. The Morgan fingerprint density at radius 1 is 1.36 bits per heavy atom. The molecule has 0 spiro atoms. The van der Waals surface area contributed by atoms with E-state index < -0.39 is 0 Å². The maximum absolute atomic E-state index is 14.1. The number of methoxy groups -OCH3 is 2. The molecule has 1 aromatic rings. The molecule has 22 heavy (non-hydrogen) atoms. The Hall–Kier alpha value is -1.82. The number of carbonyl (C=O) groups excluding carboxylic acids is 1. The van der Waals surface area contributed by atoms with Crippen LogP contribution in [-0.4, -0.2) is 44.7 Å². The Morgan fingerprint density at radius 2 is 2.05 bits per heavy atom. The summed E-state index contributed by atoms with van der Waals surface area (Å²) >= 11 is 0. The van der Waals surface area contributed by atoms with Crippen LogP contribution in [0.1, 0.15) is 18.9 Å². The van der Waals surface area contributed by atoms with Crippen molar-refractivity contribution in [3.63, 3.8) is 0 Å². The van der Waals surface area contributed by atoms with Crippen molar-refractivity contribution in [3.8, 4) is 11.5 Å². The number of nitrogens with one attached hydrogen (secondary N) is 1. The molecule has 1 aromatic carbocycles. The van der Waals surface area contributed by atoms with E-state index in [0.29, 0.717) is 36.7 Å². The predicted molar refractivity (Wildman–Crippen MR) is 81.6 cm³/mol. The van der Waals surface area contributed by atoms with Crippen LogP contribution in [0.4, 0.5) is 4.39 Å². The first kappa shape index (κ1) is 16.5. The largest absolute Gasteiger partial charge is 0.493 e. The molecule has 122 valence electrons. The van der Waals surface area contributed by atoms with Crippen molar-refractivity contribution in [2.75, 3.05) is 33.9 Å². The molecule has 1 fully saturated rings. The van der Waals surface area contributed by atoms with E-state index in [1.165, 1.54) is 20.3 Å². The second-order valence-electron chi connectivity index (χ2n) is 5.41. The third-order valence-electron chi connectivity index (χ3n) is 3.94. The third-order valence-corrected chi connectivity index (χ3v) is 3.94. The number of likely N-dealkylation sites (tertiary alicyclic amines) is 1. The highest BCUT2D eigenvalue weighted by Gasteiger charge is 2.28. The monoisotopic (exact) mass is 310 g/mol. The van der Waals surface area contributed by atoms with Gasteiger partial charge in [-0.3, -0.25) is 9.69 Å². The van der Waals surface area contributed by atoms with Gasteiger partial charge in [0, 0.05) is 31.3 Å². The lowest BCUT2D eigenvalue weighted by molar-refractivity contribution is -0.124. The molecule has 0 radical (unpaired) electrons. The SMILES string of the molecule is CCNC(=O)[C@@H]1CCN(Cc2cc(OC)c(OC)cc2F)C1. The second-order valence-corrected chi connectivity index (χ2v) is 5.41. The van der Waals surface area contributed by atoms with Gasteiger partial charge in [0.2, 0.25) is 5.91 Å². The van der Waals surface area contributed by atoms with Crippen LogP contribution in [0.25, 0.3) is 0 Å². The Morgan fingerprint density at radius 3 is 2.68 bits per heavy atom. The predicted octanol–water partition coefficient (Wildman–Crippen LogP) is 1.80. The van der Waals surface area contributed by atoms with Crippen LogP contribution in [0.3, 0.4) is 0 Å². The van der Waals surface area contributed by atoms with Gasteiger partial charge in [-0.2, -0.15) is 0 Å². The number of carbonyl (C=O) groups is 1. The van der Waals surface area contributed by atoms with Crippen LogP contribution in [0.2, 0.25) is 0 Å². The van der Waals surface area contributed by atoms with Crippen molar-refractivity contribution in [2.45, 2.75) is 19.9 Å². The van der Waals surface area contributed by atoms with E-state index in [2.05, 4.69) is 10.2 Å². The van der Waals surface area contributed by atoms with Gasteiger partial charge in [0.05, 0.1) is 20.1 Å². The first-order valence-electron chi connectivity index (χ1n) is 7.49. The molecule has 0 aliphatic carbocycles. The van der Waals surface area contributed by atoms with Crippen molar-refractivity contribution in [1.29, 1.82) is 0 Å². The van der Waals surface area contributed by atoms with Crippen LogP contribution >= 0.6 is 0 Å². The highest BCUT2D eigenvalue weighted by atomic mass is 19.1. The van der Waals surface area contributed by atoms with Crippen molar-refractivity contribution < 1.29 is 18.7 Å². The summed E-state index contributed by atoms with van der Waals surface area (Å²) < 4.78 is 24.4. The van der Waals surface area contributed by atoms with E-state index >= 15 is 0 Å². The van der Waals surface area contributed by atoms with Gasteiger partial charge < -0.3 is 14.8 Å². The van der Waals surface area contributed by atoms with Crippen LogP contribution in [0.5, 0.6) is 11.5 Å². The van der Waals surface area contributed by atoms with E-state index in [9.17, 15) is 9.18 Å². The van der Waals surface area contributed by atoms with E-state index in [1.54, 1.807) is 6.07 Å². The first-order valence-corrected chi connectivity index (χ1v) is 7.49. The molecule has 1 amide bonds. The van der Waals surface area contributed by atoms with E-state index in [-0.39, 0.29) is 17.6 Å². The number of hydrogen-bond acceptors (Lipinski definition) is 4. The number of rotatable bonds is 6. The van der Waals surface area contributed by atoms with Crippen molar-refractivity contribution >= 4 is 5.91 Å². The van der Waals surface area contributed by atoms with Crippen LogP contribution in [-0.2, 0) is 11.3 Å². The zero-order chi connectivity index (χ0) is 16.1. The van der Waals surface area contributed by atoms with Gasteiger partial charge in [0.15, 0.2) is 11.5 Å². The Balaban J connectivity index is 2.04. The summed E-state index contributed by atoms with van der Waals surface area (Å²) in [6.45, 7) is 4.45. The minimum Gasteiger partial charge on any atom is -0.493 e. The lowest BCUT2D eigenvalue weighted by Gasteiger charge is -2.18. The average molecular weight is 310 g/mol. The second kappa shape index (κ2) is 7.45. The fourth-order valence-corrected chi connectivity index (χ4v) is 2.77. The van der Waals surface area contributed by atoms with Crippen molar-refractivity contribution in [2.24, 2.45) is 5.92 Å². The van der Waals surface area contributed by atoms with Gasteiger partial charge in [-0.1, -0.05) is 0 Å². The molecular weight excluding hydrogens is 287 g/mol. The third kappa shape index (κ3) is 3.68. The maximum Gasteiger partial charge on any atom is 0.224 e. The first-order chi connectivity index (χ1) is 10.6. The number of benzene rings is 1. The van der Waals surface area contributed by atoms with Crippen molar-refractivity contribution in [3.05, 3.63) is 23.5 Å². The average Bonchev–Trinajstić information content (AvgIpc) is 2.97. The summed E-state index contributed by atoms with van der Waals surface area (Å²) in [6.07, 6.45) is 0.806. The van der Waals surface area contributed by atoms with Gasteiger partial charge in [-0.25, -0.2) is 4.39 Å². The normalized spacial score (nSPS) is 18.3. The van der Waals surface area contributed by atoms with E-state index in [0.717, 1.165) is 13.0 Å². The molecule has 0 aromatic heterocycles. The fraction of sp³-hybridized carbons (Fsp3) is 0.562. The number of nitrogens with zero attached hydrogens (tertiary/aromatic N) is 1. The van der Waals surface area contributed by atoms with Crippen molar-refractivity contribution in [1.82, 2.24) is 10.2 Å². The van der Waals surface area contributed by atoms with Gasteiger partial charge >= 0.3 is 0 Å². The molecule has 6 heteroatoms. The lowest BCUT2D eigenvalue weighted by atomic mass is 10.1. The highest BCUT2D eigenvalue weighted by Crippen LogP contribution is 2.31. The molecule has 0 unspecified atom stereocenters. The van der Waals surface area contributed by atoms with Gasteiger partial charge in [-0.05, 0) is 26.0 Å². The molecular formula is C16H23FN2O3. The molecule has 1 atom stereocenters. The number of hydrogen-bond donors (Lipinski definition) is 1. The molecule has 1 aliphatic rings. The summed E-state index contributed by atoms with van der Waals surface area (Å²) in [5, 5.41) is 2.84. The molecule has 0 bridgehead atoms. The highest BCUT2D eigenvalue weighted by molar-refractivity contribution is 5.79. The number of amides is 1. The van der Waals surface area contributed by atoms with Gasteiger partial charge in [0.1, 0.15) is 5.82 Å². The summed E-state index contributed by atoms with van der Waals surface area (Å²) in [7, 11) is 3.01. The fourth-order valence-electron chi connectivity index (χ4n) is 2.77. The van der Waals surface area contributed by atoms with Crippen LogP contribution in [0, 0.1) is 11.7 Å². The molecule has 2 rings (SSSR count). The molecule has 1 aliphatic heterocycles. The Kier molecular flexibility index (Phi) is 5.60. The minimum absolute atomic E-state index is 0.0110. The zero-order valence-corrected chi connectivity index (χ0v) is 13.3. The van der Waals surface area contributed by atoms with E-state index in [4.69, 9.17) is 9.47 Å². The van der Waals surface area contributed by atoms with Gasteiger partial charge in [-0.15, -0.1) is 0 Å². The summed E-state index contributed by atoms with van der Waals surface area (Å²) in [5.41, 5.74) is 0.550. The molecule has 1 heterocycles. The van der Waals surface area contributed by atoms with Crippen LogP contribution < -0.4 is 14.8 Å². The smallest absolute Gasteiger partial charge is 0.224 e. The van der Waals surface area contributed by atoms with Gasteiger partial charge in [0.25, 0.3) is 0 Å². The lowest BCUT2D eigenvalue weighted by Crippen LogP contribution is -2.32.